The van der Waals surface area contributed by atoms with Crippen LogP contribution in [-0.4, -0.2) is 28.2 Å². The quantitative estimate of drug-likeness (QED) is 0.827. The van der Waals surface area contributed by atoms with Crippen molar-refractivity contribution >= 4 is 5.82 Å². The molecule has 0 fully saturated rings. The minimum absolute atomic E-state index is 0.0570. The van der Waals surface area contributed by atoms with Gasteiger partial charge in [0.05, 0.1) is 24.7 Å². The molecule has 4 nitrogen and oxygen atoms in total. The number of nitrogens with zero attached hydrogens (tertiary/aromatic N) is 3. The summed E-state index contributed by atoms with van der Waals surface area (Å²) in [5.41, 5.74) is 0.605. The van der Waals surface area contributed by atoms with E-state index in [-0.39, 0.29) is 6.61 Å². The average Bonchev–Trinajstić information content (AvgIpc) is 2.27. The van der Waals surface area contributed by atoms with Crippen molar-refractivity contribution in [2.75, 3.05) is 11.9 Å². The van der Waals surface area contributed by atoms with Crippen molar-refractivity contribution in [3.63, 3.8) is 0 Å². The lowest BCUT2D eigenvalue weighted by Crippen LogP contribution is -2.30. The number of rotatable bonds is 5. The van der Waals surface area contributed by atoms with E-state index < -0.39 is 0 Å². The molecule has 1 atom stereocenters. The first-order valence-corrected chi connectivity index (χ1v) is 5.69. The number of aliphatic hydroxyl groups is 1. The molecule has 0 amide bonds. The molecule has 1 N–H and O–H groups in total. The zero-order valence-corrected chi connectivity index (χ0v) is 10.5. The SMILES string of the molecule is CC(C)CC(C)N(C)c1cnc(CO)cn1. The van der Waals surface area contributed by atoms with Gasteiger partial charge in [-0.05, 0) is 19.3 Å². The molecule has 0 radical (unpaired) electrons. The molecule has 0 aliphatic rings. The maximum absolute atomic E-state index is 8.88. The topological polar surface area (TPSA) is 49.2 Å². The van der Waals surface area contributed by atoms with Gasteiger partial charge in [-0.3, -0.25) is 4.98 Å². The Balaban J connectivity index is 2.67. The van der Waals surface area contributed by atoms with Crippen LogP contribution in [0.3, 0.4) is 0 Å². The summed E-state index contributed by atoms with van der Waals surface area (Å²) >= 11 is 0. The highest BCUT2D eigenvalue weighted by Gasteiger charge is 2.12. The fraction of sp³-hybridized carbons (Fsp3) is 0.667. The largest absolute Gasteiger partial charge is 0.390 e. The van der Waals surface area contributed by atoms with E-state index >= 15 is 0 Å². The summed E-state index contributed by atoms with van der Waals surface area (Å²) in [4.78, 5) is 10.5. The smallest absolute Gasteiger partial charge is 0.147 e. The van der Waals surface area contributed by atoms with Gasteiger partial charge >= 0.3 is 0 Å². The Morgan fingerprint density at radius 3 is 2.38 bits per heavy atom. The maximum Gasteiger partial charge on any atom is 0.147 e. The van der Waals surface area contributed by atoms with Gasteiger partial charge in [-0.2, -0.15) is 0 Å². The molecular weight excluding hydrogens is 202 g/mol. The van der Waals surface area contributed by atoms with E-state index in [2.05, 4.69) is 35.6 Å². The van der Waals surface area contributed by atoms with E-state index in [0.717, 1.165) is 12.2 Å². The molecule has 0 aliphatic carbocycles. The summed E-state index contributed by atoms with van der Waals surface area (Å²) in [6, 6.07) is 0.439. The van der Waals surface area contributed by atoms with Crippen LogP contribution in [0.25, 0.3) is 0 Å². The average molecular weight is 223 g/mol. The van der Waals surface area contributed by atoms with E-state index in [1.807, 2.05) is 7.05 Å². The van der Waals surface area contributed by atoms with Crippen LogP contribution in [0.5, 0.6) is 0 Å². The minimum Gasteiger partial charge on any atom is -0.390 e. The first-order valence-electron chi connectivity index (χ1n) is 5.69. The van der Waals surface area contributed by atoms with Gasteiger partial charge < -0.3 is 10.0 Å². The molecular formula is C12H21N3O. The summed E-state index contributed by atoms with van der Waals surface area (Å²) < 4.78 is 0. The number of aliphatic hydroxyl groups excluding tert-OH is 1. The van der Waals surface area contributed by atoms with Crippen molar-refractivity contribution in [2.45, 2.75) is 39.8 Å². The second-order valence-electron chi connectivity index (χ2n) is 4.61. The molecule has 1 unspecified atom stereocenters. The monoisotopic (exact) mass is 223 g/mol. The van der Waals surface area contributed by atoms with E-state index in [1.165, 1.54) is 0 Å². The van der Waals surface area contributed by atoms with Crippen LogP contribution in [0.4, 0.5) is 5.82 Å². The highest BCUT2D eigenvalue weighted by Crippen LogP contribution is 2.15. The van der Waals surface area contributed by atoms with Crippen molar-refractivity contribution in [1.82, 2.24) is 9.97 Å². The third kappa shape index (κ3) is 3.45. The lowest BCUT2D eigenvalue weighted by molar-refractivity contribution is 0.276. The van der Waals surface area contributed by atoms with Gasteiger partial charge in [0.25, 0.3) is 0 Å². The standard InChI is InChI=1S/C12H21N3O/c1-9(2)5-10(3)15(4)12-7-13-11(8-16)6-14-12/h6-7,9-10,16H,5,8H2,1-4H3. The van der Waals surface area contributed by atoms with Gasteiger partial charge in [0.15, 0.2) is 0 Å². The summed E-state index contributed by atoms with van der Waals surface area (Å²) in [5, 5.41) is 8.88. The fourth-order valence-corrected chi connectivity index (χ4v) is 1.68. The van der Waals surface area contributed by atoms with E-state index in [0.29, 0.717) is 17.7 Å². The second-order valence-corrected chi connectivity index (χ2v) is 4.61. The zero-order chi connectivity index (χ0) is 12.1. The molecule has 0 saturated carbocycles. The Morgan fingerprint density at radius 1 is 1.25 bits per heavy atom. The molecule has 1 rings (SSSR count). The Labute approximate surface area is 97.3 Å². The molecule has 16 heavy (non-hydrogen) atoms. The Kier molecular flexibility index (Phi) is 4.68. The maximum atomic E-state index is 8.88. The number of anilines is 1. The molecule has 4 heteroatoms. The highest BCUT2D eigenvalue weighted by molar-refractivity contribution is 5.35. The summed E-state index contributed by atoms with van der Waals surface area (Å²) in [6.07, 6.45) is 4.45. The van der Waals surface area contributed by atoms with Crippen LogP contribution in [0.15, 0.2) is 12.4 Å². The Morgan fingerprint density at radius 2 is 1.94 bits per heavy atom. The van der Waals surface area contributed by atoms with Gasteiger partial charge in [0.1, 0.15) is 5.82 Å². The first-order chi connectivity index (χ1) is 7.54. The first kappa shape index (κ1) is 12.9. The lowest BCUT2D eigenvalue weighted by Gasteiger charge is -2.27. The third-order valence-electron chi connectivity index (χ3n) is 2.69. The van der Waals surface area contributed by atoms with Crippen molar-refractivity contribution < 1.29 is 5.11 Å². The minimum atomic E-state index is -0.0570. The normalized spacial score (nSPS) is 12.9. The summed E-state index contributed by atoms with van der Waals surface area (Å²) in [6.45, 7) is 6.55. The predicted octanol–water partition coefficient (Wildman–Crippen LogP) is 1.84. The molecule has 1 heterocycles. The van der Waals surface area contributed by atoms with Crippen LogP contribution in [-0.2, 0) is 6.61 Å². The summed E-state index contributed by atoms with van der Waals surface area (Å²) in [7, 11) is 2.02. The molecule has 0 aromatic carbocycles. The van der Waals surface area contributed by atoms with E-state index in [9.17, 15) is 0 Å². The fourth-order valence-electron chi connectivity index (χ4n) is 1.68. The molecule has 0 saturated heterocycles. The van der Waals surface area contributed by atoms with Crippen LogP contribution in [0, 0.1) is 5.92 Å². The van der Waals surface area contributed by atoms with Crippen LogP contribution >= 0.6 is 0 Å². The number of aromatic nitrogens is 2. The number of hydrogen-bond acceptors (Lipinski definition) is 4. The number of hydrogen-bond donors (Lipinski definition) is 1. The molecule has 0 spiro atoms. The van der Waals surface area contributed by atoms with E-state index in [4.69, 9.17) is 5.11 Å². The van der Waals surface area contributed by atoms with Gasteiger partial charge in [-0.15, -0.1) is 0 Å². The third-order valence-corrected chi connectivity index (χ3v) is 2.69. The van der Waals surface area contributed by atoms with Gasteiger partial charge in [-0.1, -0.05) is 13.8 Å². The molecule has 0 aliphatic heterocycles. The van der Waals surface area contributed by atoms with Crippen molar-refractivity contribution in [3.05, 3.63) is 18.1 Å². The van der Waals surface area contributed by atoms with Crippen molar-refractivity contribution in [2.24, 2.45) is 5.92 Å². The van der Waals surface area contributed by atoms with Gasteiger partial charge in [-0.25, -0.2) is 4.98 Å². The van der Waals surface area contributed by atoms with Gasteiger partial charge in [0.2, 0.25) is 0 Å². The lowest BCUT2D eigenvalue weighted by atomic mass is 10.0. The highest BCUT2D eigenvalue weighted by atomic mass is 16.3. The Hall–Kier alpha value is -1.16. The molecule has 0 bridgehead atoms. The van der Waals surface area contributed by atoms with Crippen LogP contribution < -0.4 is 4.90 Å². The van der Waals surface area contributed by atoms with Crippen LogP contribution in [0.1, 0.15) is 32.9 Å². The summed E-state index contributed by atoms with van der Waals surface area (Å²) in [5.74, 6) is 1.52. The van der Waals surface area contributed by atoms with Crippen molar-refractivity contribution in [3.8, 4) is 0 Å². The van der Waals surface area contributed by atoms with E-state index in [1.54, 1.807) is 12.4 Å². The van der Waals surface area contributed by atoms with Gasteiger partial charge in [0, 0.05) is 13.1 Å². The van der Waals surface area contributed by atoms with Crippen LogP contribution in [0.2, 0.25) is 0 Å². The molecule has 90 valence electrons. The zero-order valence-electron chi connectivity index (χ0n) is 10.5. The van der Waals surface area contributed by atoms with Crippen molar-refractivity contribution in [1.29, 1.82) is 0 Å². The molecule has 1 aromatic rings. The predicted molar refractivity (Wildman–Crippen MR) is 65.3 cm³/mol. The Bertz CT molecular complexity index is 311. The second kappa shape index (κ2) is 5.80. The molecule has 1 aromatic heterocycles.